The summed E-state index contributed by atoms with van der Waals surface area (Å²) in [5, 5.41) is 2.85. The Bertz CT molecular complexity index is 624. The number of hydrogen-bond donors (Lipinski definition) is 1. The van der Waals surface area contributed by atoms with Crippen LogP contribution in [0.3, 0.4) is 0 Å². The summed E-state index contributed by atoms with van der Waals surface area (Å²) >= 11 is 0. The van der Waals surface area contributed by atoms with Crippen LogP contribution in [0, 0.1) is 16.7 Å². The van der Waals surface area contributed by atoms with Crippen LogP contribution in [0.1, 0.15) is 33.1 Å². The highest BCUT2D eigenvalue weighted by Gasteiger charge is 2.68. The van der Waals surface area contributed by atoms with E-state index in [2.05, 4.69) is 15.3 Å². The largest absolute Gasteiger partial charge is 0.347 e. The van der Waals surface area contributed by atoms with E-state index < -0.39 is 5.41 Å². The average Bonchev–Trinajstić information content (AvgIpc) is 2.82. The summed E-state index contributed by atoms with van der Waals surface area (Å²) in [5.74, 6) is 0.772. The highest BCUT2D eigenvalue weighted by atomic mass is 16.2. The van der Waals surface area contributed by atoms with Gasteiger partial charge in [-0.3, -0.25) is 9.59 Å². The molecule has 1 amide bonds. The Morgan fingerprint density at radius 1 is 1.32 bits per heavy atom. The van der Waals surface area contributed by atoms with Crippen molar-refractivity contribution in [1.29, 1.82) is 0 Å². The third-order valence-corrected chi connectivity index (χ3v) is 5.58. The maximum atomic E-state index is 12.8. The Morgan fingerprint density at radius 2 is 1.95 bits per heavy atom. The Hall–Kier alpha value is -1.98. The third kappa shape index (κ3) is 1.86. The Morgan fingerprint density at radius 3 is 2.41 bits per heavy atom. The normalized spacial score (nSPS) is 28.7. The quantitative estimate of drug-likeness (QED) is 0.863. The molecule has 2 atom stereocenters. The Kier molecular flexibility index (Phi) is 3.23. The molecule has 6 heteroatoms. The Balaban J connectivity index is 1.84. The zero-order chi connectivity index (χ0) is 16.1. The first kappa shape index (κ1) is 14.9. The van der Waals surface area contributed by atoms with E-state index in [4.69, 9.17) is 0 Å². The van der Waals surface area contributed by atoms with Crippen molar-refractivity contribution in [3.8, 4) is 0 Å². The van der Waals surface area contributed by atoms with Crippen LogP contribution in [-0.4, -0.2) is 35.8 Å². The number of hydrogen-bond acceptors (Lipinski definition) is 5. The van der Waals surface area contributed by atoms with Crippen LogP contribution in [0.2, 0.25) is 0 Å². The van der Waals surface area contributed by atoms with Gasteiger partial charge in [0, 0.05) is 20.5 Å². The van der Waals surface area contributed by atoms with Gasteiger partial charge < -0.3 is 10.2 Å². The second-order valence-electron chi connectivity index (χ2n) is 7.11. The zero-order valence-corrected chi connectivity index (χ0v) is 13.5. The molecule has 0 aliphatic heterocycles. The van der Waals surface area contributed by atoms with E-state index in [0.29, 0.717) is 30.4 Å². The van der Waals surface area contributed by atoms with Crippen LogP contribution in [-0.2, 0) is 9.59 Å². The molecule has 0 spiro atoms. The predicted molar refractivity (Wildman–Crippen MR) is 83.6 cm³/mol. The van der Waals surface area contributed by atoms with Gasteiger partial charge in [0.25, 0.3) is 0 Å². The van der Waals surface area contributed by atoms with Crippen molar-refractivity contribution in [3.63, 3.8) is 0 Å². The molecule has 22 heavy (non-hydrogen) atoms. The van der Waals surface area contributed by atoms with E-state index in [-0.39, 0.29) is 17.1 Å². The highest BCUT2D eigenvalue weighted by Crippen LogP contribution is 2.64. The predicted octanol–water partition coefficient (Wildman–Crippen LogP) is 1.88. The van der Waals surface area contributed by atoms with Crippen molar-refractivity contribution in [2.24, 2.45) is 16.7 Å². The molecule has 0 radical (unpaired) electrons. The zero-order valence-electron chi connectivity index (χ0n) is 13.5. The van der Waals surface area contributed by atoms with Crippen molar-refractivity contribution in [2.45, 2.75) is 33.1 Å². The van der Waals surface area contributed by atoms with Gasteiger partial charge in [-0.05, 0) is 24.2 Å². The lowest BCUT2D eigenvalue weighted by molar-refractivity contribution is -0.141. The van der Waals surface area contributed by atoms with E-state index in [1.165, 1.54) is 0 Å². The van der Waals surface area contributed by atoms with Crippen LogP contribution < -0.4 is 10.2 Å². The minimum Gasteiger partial charge on any atom is -0.347 e. The molecule has 2 aliphatic carbocycles. The lowest BCUT2D eigenvalue weighted by atomic mass is 9.68. The van der Waals surface area contributed by atoms with E-state index >= 15 is 0 Å². The number of nitrogens with zero attached hydrogens (tertiary/aromatic N) is 3. The number of amides is 1. The van der Waals surface area contributed by atoms with Crippen LogP contribution in [0.5, 0.6) is 0 Å². The molecule has 3 rings (SSSR count). The van der Waals surface area contributed by atoms with Crippen molar-refractivity contribution < 1.29 is 9.59 Å². The smallest absolute Gasteiger partial charge is 0.238 e. The molecule has 1 heterocycles. The highest BCUT2D eigenvalue weighted by molar-refractivity contribution is 6.14. The molecule has 1 aromatic rings. The number of carbonyl (C=O) groups excluding carboxylic acids is 2. The molecule has 0 saturated heterocycles. The first-order chi connectivity index (χ1) is 10.3. The van der Waals surface area contributed by atoms with Gasteiger partial charge in [0.15, 0.2) is 0 Å². The van der Waals surface area contributed by atoms with Crippen LogP contribution in [0.4, 0.5) is 11.6 Å². The number of aromatic nitrogens is 2. The number of nitrogens with one attached hydrogen (secondary N) is 1. The SMILES string of the molecule is CN(C)c1ncc(NC(=O)C23CCC(CC2=O)C3(C)C)cn1. The minimum atomic E-state index is -0.891. The van der Waals surface area contributed by atoms with Gasteiger partial charge in [-0.15, -0.1) is 0 Å². The maximum Gasteiger partial charge on any atom is 0.238 e. The summed E-state index contributed by atoms with van der Waals surface area (Å²) in [6.45, 7) is 4.08. The van der Waals surface area contributed by atoms with Crippen molar-refractivity contribution in [1.82, 2.24) is 9.97 Å². The monoisotopic (exact) mass is 302 g/mol. The molecule has 1 N–H and O–H groups in total. The van der Waals surface area contributed by atoms with Crippen molar-refractivity contribution in [2.75, 3.05) is 24.3 Å². The topological polar surface area (TPSA) is 75.2 Å². The van der Waals surface area contributed by atoms with Gasteiger partial charge in [0.1, 0.15) is 11.2 Å². The fraction of sp³-hybridized carbons (Fsp3) is 0.625. The lowest BCUT2D eigenvalue weighted by Crippen LogP contribution is -2.46. The fourth-order valence-corrected chi connectivity index (χ4v) is 4.06. The first-order valence-electron chi connectivity index (χ1n) is 7.63. The summed E-state index contributed by atoms with van der Waals surface area (Å²) in [7, 11) is 3.70. The summed E-state index contributed by atoms with van der Waals surface area (Å²) < 4.78 is 0. The van der Waals surface area contributed by atoms with Crippen LogP contribution >= 0.6 is 0 Å². The average molecular weight is 302 g/mol. The molecule has 118 valence electrons. The van der Waals surface area contributed by atoms with Crippen LogP contribution in [0.25, 0.3) is 0 Å². The number of anilines is 2. The van der Waals surface area contributed by atoms with E-state index in [1.807, 2.05) is 27.9 Å². The number of fused-ring (bicyclic) bond motifs is 2. The molecule has 2 fully saturated rings. The van der Waals surface area contributed by atoms with Crippen molar-refractivity contribution >= 4 is 23.3 Å². The lowest BCUT2D eigenvalue weighted by Gasteiger charge is -2.34. The van der Waals surface area contributed by atoms with Gasteiger partial charge in [-0.1, -0.05) is 13.8 Å². The number of Topliss-reactive ketones (excluding diaryl/α,β-unsaturated/α-hetero) is 1. The Labute approximate surface area is 130 Å². The number of carbonyl (C=O) groups is 2. The number of ketones is 1. The van der Waals surface area contributed by atoms with E-state index in [9.17, 15) is 9.59 Å². The second kappa shape index (κ2) is 4.76. The van der Waals surface area contributed by atoms with Gasteiger partial charge in [0.2, 0.25) is 11.9 Å². The third-order valence-electron chi connectivity index (χ3n) is 5.58. The summed E-state index contributed by atoms with van der Waals surface area (Å²) in [4.78, 5) is 35.5. The fourth-order valence-electron chi connectivity index (χ4n) is 4.06. The van der Waals surface area contributed by atoms with Gasteiger partial charge >= 0.3 is 0 Å². The number of rotatable bonds is 3. The first-order valence-corrected chi connectivity index (χ1v) is 7.63. The van der Waals surface area contributed by atoms with Gasteiger partial charge in [0.05, 0.1) is 18.1 Å². The summed E-state index contributed by atoms with van der Waals surface area (Å²) in [6.07, 6.45) is 5.27. The minimum absolute atomic E-state index is 0.0806. The standard InChI is InChI=1S/C16H22N4O2/c1-15(2)10-5-6-16(15,12(21)7-10)13(22)19-11-8-17-14(18-9-11)20(3)4/h8-10H,5-7H2,1-4H3,(H,19,22). The maximum absolute atomic E-state index is 12.8. The summed E-state index contributed by atoms with van der Waals surface area (Å²) in [5.41, 5.74) is -0.639. The molecule has 2 unspecified atom stereocenters. The molecule has 1 aromatic heterocycles. The van der Waals surface area contributed by atoms with Crippen molar-refractivity contribution in [3.05, 3.63) is 12.4 Å². The molecule has 0 aromatic carbocycles. The molecule has 2 bridgehead atoms. The molecular weight excluding hydrogens is 280 g/mol. The second-order valence-corrected chi connectivity index (χ2v) is 7.11. The van der Waals surface area contributed by atoms with Crippen LogP contribution in [0.15, 0.2) is 12.4 Å². The molecule has 6 nitrogen and oxygen atoms in total. The van der Waals surface area contributed by atoms with E-state index in [0.717, 1.165) is 6.42 Å². The van der Waals surface area contributed by atoms with E-state index in [1.54, 1.807) is 17.3 Å². The molecule has 2 saturated carbocycles. The van der Waals surface area contributed by atoms with Gasteiger partial charge in [-0.25, -0.2) is 9.97 Å². The molecule has 2 aliphatic rings. The molecular formula is C16H22N4O2. The summed E-state index contributed by atoms with van der Waals surface area (Å²) in [6, 6.07) is 0. The van der Waals surface area contributed by atoms with Gasteiger partial charge in [-0.2, -0.15) is 0 Å².